The van der Waals surface area contributed by atoms with Crippen LogP contribution in [-0.4, -0.2) is 63.8 Å². The molecular weight excluding hydrogens is 254 g/mol. The van der Waals surface area contributed by atoms with Gasteiger partial charge in [-0.15, -0.1) is 0 Å². The number of hydrogen-bond donors (Lipinski definition) is 1. The zero-order valence-electron chi connectivity index (χ0n) is 12.6. The molecule has 1 aliphatic heterocycles. The van der Waals surface area contributed by atoms with Crippen molar-refractivity contribution in [2.24, 2.45) is 5.73 Å². The lowest BCUT2D eigenvalue weighted by atomic mass is 10.1. The summed E-state index contributed by atoms with van der Waals surface area (Å²) in [6.07, 6.45) is 0. The molecule has 20 heavy (non-hydrogen) atoms. The molecule has 112 valence electrons. The van der Waals surface area contributed by atoms with Gasteiger partial charge in [-0.1, -0.05) is 6.07 Å². The van der Waals surface area contributed by atoms with E-state index < -0.39 is 0 Å². The summed E-state index contributed by atoms with van der Waals surface area (Å²) >= 11 is 0. The maximum atomic E-state index is 6.32. The Morgan fingerprint density at radius 1 is 1.10 bits per heavy atom. The molecule has 2 rings (SSSR count). The summed E-state index contributed by atoms with van der Waals surface area (Å²) < 4.78 is 10.6. The minimum atomic E-state index is -0.00166. The summed E-state index contributed by atoms with van der Waals surface area (Å²) in [6, 6.07) is 5.90. The maximum absolute atomic E-state index is 6.32. The Bertz CT molecular complexity index is 431. The number of nitrogens with two attached hydrogens (primary N) is 1. The van der Waals surface area contributed by atoms with Crippen LogP contribution in [0.1, 0.15) is 11.6 Å². The van der Waals surface area contributed by atoms with Gasteiger partial charge < -0.3 is 20.1 Å². The number of piperazine rings is 1. The Morgan fingerprint density at radius 3 is 2.35 bits per heavy atom. The van der Waals surface area contributed by atoms with Crippen LogP contribution >= 0.6 is 0 Å². The van der Waals surface area contributed by atoms with E-state index in [2.05, 4.69) is 16.8 Å². The molecule has 0 spiro atoms. The van der Waals surface area contributed by atoms with Gasteiger partial charge in [0.25, 0.3) is 0 Å². The van der Waals surface area contributed by atoms with E-state index in [1.165, 1.54) is 0 Å². The van der Waals surface area contributed by atoms with Crippen molar-refractivity contribution in [3.8, 4) is 11.5 Å². The van der Waals surface area contributed by atoms with Crippen LogP contribution in [0.25, 0.3) is 0 Å². The number of nitrogens with zero attached hydrogens (tertiary/aromatic N) is 2. The lowest BCUT2D eigenvalue weighted by Crippen LogP contribution is -2.46. The van der Waals surface area contributed by atoms with Crippen molar-refractivity contribution in [2.45, 2.75) is 6.04 Å². The van der Waals surface area contributed by atoms with Crippen molar-refractivity contribution in [3.05, 3.63) is 23.8 Å². The molecule has 5 nitrogen and oxygen atoms in total. The standard InChI is InChI=1S/C15H25N3O2/c1-17-6-8-18(9-7-17)11-13(16)12-4-5-14(19-2)15(10-12)20-3/h4-5,10,13H,6-9,11,16H2,1-3H3. The van der Waals surface area contributed by atoms with E-state index in [1.54, 1.807) is 14.2 Å². The highest BCUT2D eigenvalue weighted by molar-refractivity contribution is 5.43. The van der Waals surface area contributed by atoms with Gasteiger partial charge in [-0.2, -0.15) is 0 Å². The van der Waals surface area contributed by atoms with Crippen molar-refractivity contribution in [3.63, 3.8) is 0 Å². The second-order valence-electron chi connectivity index (χ2n) is 5.32. The summed E-state index contributed by atoms with van der Waals surface area (Å²) in [4.78, 5) is 4.76. The van der Waals surface area contributed by atoms with Crippen LogP contribution in [0.4, 0.5) is 0 Å². The van der Waals surface area contributed by atoms with Gasteiger partial charge in [-0.3, -0.25) is 4.90 Å². The van der Waals surface area contributed by atoms with Crippen molar-refractivity contribution in [2.75, 3.05) is 54.0 Å². The van der Waals surface area contributed by atoms with Crippen LogP contribution in [0.2, 0.25) is 0 Å². The van der Waals surface area contributed by atoms with Crippen LogP contribution in [0.3, 0.4) is 0 Å². The molecule has 2 N–H and O–H groups in total. The molecule has 1 fully saturated rings. The first-order valence-corrected chi connectivity index (χ1v) is 7.02. The Hall–Kier alpha value is -1.30. The summed E-state index contributed by atoms with van der Waals surface area (Å²) in [7, 11) is 5.45. The molecule has 1 saturated heterocycles. The molecule has 0 aromatic heterocycles. The Balaban J connectivity index is 2.00. The molecule has 0 bridgehead atoms. The van der Waals surface area contributed by atoms with E-state index in [9.17, 15) is 0 Å². The summed E-state index contributed by atoms with van der Waals surface area (Å²) in [5.41, 5.74) is 7.41. The fourth-order valence-electron chi connectivity index (χ4n) is 2.50. The molecule has 0 radical (unpaired) electrons. The molecule has 0 saturated carbocycles. The summed E-state index contributed by atoms with van der Waals surface area (Å²) in [6.45, 7) is 5.26. The second-order valence-corrected chi connectivity index (χ2v) is 5.32. The normalized spacial score (nSPS) is 18.8. The van der Waals surface area contributed by atoms with Gasteiger partial charge in [0, 0.05) is 38.8 Å². The van der Waals surface area contributed by atoms with Crippen LogP contribution in [0.15, 0.2) is 18.2 Å². The molecule has 1 aromatic carbocycles. The first kappa shape index (κ1) is 15.1. The van der Waals surface area contributed by atoms with Crippen molar-refractivity contribution in [1.29, 1.82) is 0 Å². The molecule has 0 aliphatic carbocycles. The number of ether oxygens (including phenoxy) is 2. The second kappa shape index (κ2) is 6.92. The van der Waals surface area contributed by atoms with E-state index in [0.717, 1.165) is 49.8 Å². The largest absolute Gasteiger partial charge is 0.493 e. The number of hydrogen-bond acceptors (Lipinski definition) is 5. The molecule has 1 atom stereocenters. The highest BCUT2D eigenvalue weighted by atomic mass is 16.5. The van der Waals surface area contributed by atoms with Crippen LogP contribution in [-0.2, 0) is 0 Å². The molecule has 5 heteroatoms. The molecule has 1 unspecified atom stereocenters. The first-order valence-electron chi connectivity index (χ1n) is 7.02. The topological polar surface area (TPSA) is 51.0 Å². The van der Waals surface area contributed by atoms with E-state index in [4.69, 9.17) is 15.2 Å². The quantitative estimate of drug-likeness (QED) is 0.870. The third-order valence-corrected chi connectivity index (χ3v) is 3.89. The third kappa shape index (κ3) is 3.62. The van der Waals surface area contributed by atoms with Gasteiger partial charge >= 0.3 is 0 Å². The van der Waals surface area contributed by atoms with Crippen LogP contribution < -0.4 is 15.2 Å². The molecular formula is C15H25N3O2. The zero-order valence-corrected chi connectivity index (χ0v) is 12.6. The van der Waals surface area contributed by atoms with E-state index in [-0.39, 0.29) is 6.04 Å². The number of likely N-dealkylation sites (N-methyl/N-ethyl adjacent to an activating group) is 1. The lowest BCUT2D eigenvalue weighted by Gasteiger charge is -2.34. The van der Waals surface area contributed by atoms with Gasteiger partial charge in [0.05, 0.1) is 14.2 Å². The van der Waals surface area contributed by atoms with E-state index >= 15 is 0 Å². The smallest absolute Gasteiger partial charge is 0.161 e. The Morgan fingerprint density at radius 2 is 1.75 bits per heavy atom. The van der Waals surface area contributed by atoms with E-state index in [0.29, 0.717) is 0 Å². The van der Waals surface area contributed by atoms with Gasteiger partial charge in [0.15, 0.2) is 11.5 Å². The van der Waals surface area contributed by atoms with E-state index in [1.807, 2.05) is 18.2 Å². The summed E-state index contributed by atoms with van der Waals surface area (Å²) in [5.74, 6) is 1.47. The van der Waals surface area contributed by atoms with Crippen molar-refractivity contribution >= 4 is 0 Å². The number of methoxy groups -OCH3 is 2. The van der Waals surface area contributed by atoms with Crippen molar-refractivity contribution in [1.82, 2.24) is 9.80 Å². The molecule has 1 aliphatic rings. The van der Waals surface area contributed by atoms with Crippen molar-refractivity contribution < 1.29 is 9.47 Å². The monoisotopic (exact) mass is 279 g/mol. The minimum absolute atomic E-state index is 0.00166. The SMILES string of the molecule is COc1ccc(C(N)CN2CCN(C)CC2)cc1OC. The molecule has 1 aromatic rings. The van der Waals surface area contributed by atoms with Gasteiger partial charge in [-0.05, 0) is 24.7 Å². The number of rotatable bonds is 5. The predicted octanol–water partition coefficient (Wildman–Crippen LogP) is 0.951. The highest BCUT2D eigenvalue weighted by Crippen LogP contribution is 2.29. The van der Waals surface area contributed by atoms with Gasteiger partial charge in [-0.25, -0.2) is 0 Å². The fraction of sp³-hybridized carbons (Fsp3) is 0.600. The molecule has 1 heterocycles. The maximum Gasteiger partial charge on any atom is 0.161 e. The third-order valence-electron chi connectivity index (χ3n) is 3.89. The fourth-order valence-corrected chi connectivity index (χ4v) is 2.50. The lowest BCUT2D eigenvalue weighted by molar-refractivity contribution is 0.147. The minimum Gasteiger partial charge on any atom is -0.493 e. The average Bonchev–Trinajstić information content (AvgIpc) is 2.48. The van der Waals surface area contributed by atoms with Crippen LogP contribution in [0, 0.1) is 0 Å². The zero-order chi connectivity index (χ0) is 14.5. The Labute approximate surface area is 121 Å². The Kier molecular flexibility index (Phi) is 5.23. The average molecular weight is 279 g/mol. The highest BCUT2D eigenvalue weighted by Gasteiger charge is 2.18. The molecule has 0 amide bonds. The predicted molar refractivity (Wildman–Crippen MR) is 80.4 cm³/mol. The van der Waals surface area contributed by atoms with Gasteiger partial charge in [0.1, 0.15) is 0 Å². The first-order chi connectivity index (χ1) is 9.63. The van der Waals surface area contributed by atoms with Crippen LogP contribution in [0.5, 0.6) is 11.5 Å². The summed E-state index contributed by atoms with van der Waals surface area (Å²) in [5, 5.41) is 0. The van der Waals surface area contributed by atoms with Gasteiger partial charge in [0.2, 0.25) is 0 Å². The number of benzene rings is 1.